The Morgan fingerprint density at radius 2 is 1.88 bits per heavy atom. The Labute approximate surface area is 98.2 Å². The van der Waals surface area contributed by atoms with Crippen molar-refractivity contribution in [3.63, 3.8) is 0 Å². The van der Waals surface area contributed by atoms with Crippen molar-refractivity contribution in [3.05, 3.63) is 35.9 Å². The van der Waals surface area contributed by atoms with Gasteiger partial charge < -0.3 is 10.1 Å². The first-order valence-corrected chi connectivity index (χ1v) is 5.30. The third kappa shape index (κ3) is 2.18. The van der Waals surface area contributed by atoms with Gasteiger partial charge in [0, 0.05) is 0 Å². The zero-order chi connectivity index (χ0) is 12.3. The van der Waals surface area contributed by atoms with Gasteiger partial charge in [0.1, 0.15) is 0 Å². The molecule has 0 bridgehead atoms. The van der Waals surface area contributed by atoms with E-state index in [0.29, 0.717) is 12.7 Å². The van der Waals surface area contributed by atoms with Gasteiger partial charge in [-0.05, 0) is 18.4 Å². The molecule has 0 unspecified atom stereocenters. The van der Waals surface area contributed by atoms with Crippen LogP contribution in [0.15, 0.2) is 30.3 Å². The summed E-state index contributed by atoms with van der Waals surface area (Å²) < 4.78 is 0. The molecule has 0 spiro atoms. The summed E-state index contributed by atoms with van der Waals surface area (Å²) in [5, 5.41) is 4.44. The highest BCUT2D eigenvalue weighted by molar-refractivity contribution is 6.15. The van der Waals surface area contributed by atoms with Crippen molar-refractivity contribution in [3.8, 4) is 0 Å². The standard InChI is InChI=1S/C12H12N2O3/c15-8-12(10(16)13-11(17)14-12)7-6-9-4-2-1-3-5-9/h1-5,8H,6-7H2,(H2,13,14,16,17)/t12-/m1/s1. The second-order valence-corrected chi connectivity index (χ2v) is 3.98. The molecule has 3 amide bonds. The second kappa shape index (κ2) is 4.37. The van der Waals surface area contributed by atoms with Gasteiger partial charge in [-0.2, -0.15) is 0 Å². The third-order valence-electron chi connectivity index (χ3n) is 2.82. The molecule has 17 heavy (non-hydrogen) atoms. The number of hydrogen-bond acceptors (Lipinski definition) is 3. The predicted molar refractivity (Wildman–Crippen MR) is 60.2 cm³/mol. The summed E-state index contributed by atoms with van der Waals surface area (Å²) in [7, 11) is 0. The number of urea groups is 1. The highest BCUT2D eigenvalue weighted by Gasteiger charge is 2.45. The van der Waals surface area contributed by atoms with Crippen molar-refractivity contribution < 1.29 is 14.4 Å². The van der Waals surface area contributed by atoms with Gasteiger partial charge in [-0.3, -0.25) is 10.1 Å². The zero-order valence-electron chi connectivity index (χ0n) is 9.10. The molecule has 2 rings (SSSR count). The molecule has 1 saturated heterocycles. The van der Waals surface area contributed by atoms with Crippen LogP contribution in [0.3, 0.4) is 0 Å². The van der Waals surface area contributed by atoms with E-state index in [0.717, 1.165) is 5.56 Å². The quantitative estimate of drug-likeness (QED) is 0.448. The van der Waals surface area contributed by atoms with E-state index in [-0.39, 0.29) is 6.42 Å². The number of carbonyl (C=O) groups is 3. The van der Waals surface area contributed by atoms with Crippen LogP contribution in [0.25, 0.3) is 0 Å². The lowest BCUT2D eigenvalue weighted by Gasteiger charge is -2.18. The number of amides is 3. The van der Waals surface area contributed by atoms with Gasteiger partial charge in [0.2, 0.25) is 0 Å². The average molecular weight is 232 g/mol. The number of hydrogen-bond donors (Lipinski definition) is 2. The summed E-state index contributed by atoms with van der Waals surface area (Å²) >= 11 is 0. The van der Waals surface area contributed by atoms with E-state index in [4.69, 9.17) is 0 Å². The number of carbonyl (C=O) groups excluding carboxylic acids is 3. The minimum Gasteiger partial charge on any atom is -0.317 e. The van der Waals surface area contributed by atoms with Gasteiger partial charge in [0.05, 0.1) is 0 Å². The molecule has 1 fully saturated rings. The van der Waals surface area contributed by atoms with E-state index in [1.54, 1.807) is 0 Å². The normalized spacial score (nSPS) is 23.1. The molecule has 1 aliphatic rings. The Bertz CT molecular complexity index is 458. The molecule has 1 heterocycles. The highest BCUT2D eigenvalue weighted by atomic mass is 16.2. The molecular weight excluding hydrogens is 220 g/mol. The van der Waals surface area contributed by atoms with E-state index in [1.165, 1.54) is 0 Å². The maximum Gasteiger partial charge on any atom is 0.322 e. The summed E-state index contributed by atoms with van der Waals surface area (Å²) in [5.41, 5.74) is -0.393. The van der Waals surface area contributed by atoms with Crippen LogP contribution in [-0.2, 0) is 16.0 Å². The summed E-state index contributed by atoms with van der Waals surface area (Å²) in [6, 6.07) is 8.87. The zero-order valence-corrected chi connectivity index (χ0v) is 9.10. The van der Waals surface area contributed by atoms with Gasteiger partial charge in [-0.15, -0.1) is 0 Å². The lowest BCUT2D eigenvalue weighted by atomic mass is 9.93. The van der Waals surface area contributed by atoms with Crippen LogP contribution in [0.5, 0.6) is 0 Å². The van der Waals surface area contributed by atoms with Crippen molar-refractivity contribution >= 4 is 18.2 Å². The van der Waals surface area contributed by atoms with Gasteiger partial charge in [-0.25, -0.2) is 4.79 Å². The molecule has 0 radical (unpaired) electrons. The molecule has 2 N–H and O–H groups in total. The van der Waals surface area contributed by atoms with E-state index in [2.05, 4.69) is 10.6 Å². The minimum absolute atomic E-state index is 0.262. The maximum absolute atomic E-state index is 11.5. The van der Waals surface area contributed by atoms with E-state index < -0.39 is 17.5 Å². The van der Waals surface area contributed by atoms with Gasteiger partial charge >= 0.3 is 6.03 Å². The predicted octanol–water partition coefficient (Wildman–Crippen LogP) is 0.396. The first-order valence-electron chi connectivity index (χ1n) is 5.30. The van der Waals surface area contributed by atoms with Crippen LogP contribution in [0.2, 0.25) is 0 Å². The number of benzene rings is 1. The lowest BCUT2D eigenvalue weighted by Crippen LogP contribution is -2.48. The SMILES string of the molecule is O=C[C@@]1(CCc2ccccc2)NC(=O)NC1=O. The van der Waals surface area contributed by atoms with Crippen LogP contribution < -0.4 is 10.6 Å². The largest absolute Gasteiger partial charge is 0.322 e. The van der Waals surface area contributed by atoms with Crippen molar-refractivity contribution in [2.75, 3.05) is 0 Å². The van der Waals surface area contributed by atoms with Gasteiger partial charge in [0.15, 0.2) is 11.8 Å². The fraction of sp³-hybridized carbons (Fsp3) is 0.250. The molecule has 5 nitrogen and oxygen atoms in total. The average Bonchev–Trinajstić information content (AvgIpc) is 2.63. The summed E-state index contributed by atoms with van der Waals surface area (Å²) in [4.78, 5) is 33.6. The van der Waals surface area contributed by atoms with Crippen molar-refractivity contribution in [1.29, 1.82) is 0 Å². The summed E-state index contributed by atoms with van der Waals surface area (Å²) in [6.07, 6.45) is 1.31. The highest BCUT2D eigenvalue weighted by Crippen LogP contribution is 2.16. The van der Waals surface area contributed by atoms with Crippen LogP contribution in [0.4, 0.5) is 4.79 Å². The van der Waals surface area contributed by atoms with Gasteiger partial charge in [0.25, 0.3) is 5.91 Å². The molecule has 88 valence electrons. The number of aldehydes is 1. The molecule has 0 aromatic heterocycles. The smallest absolute Gasteiger partial charge is 0.317 e. The van der Waals surface area contributed by atoms with Crippen molar-refractivity contribution in [2.24, 2.45) is 0 Å². The number of rotatable bonds is 4. The molecule has 1 aromatic carbocycles. The maximum atomic E-state index is 11.5. The molecule has 5 heteroatoms. The molecule has 1 aromatic rings. The minimum atomic E-state index is -1.41. The topological polar surface area (TPSA) is 75.3 Å². The number of nitrogens with one attached hydrogen (secondary N) is 2. The third-order valence-corrected chi connectivity index (χ3v) is 2.82. The van der Waals surface area contributed by atoms with Gasteiger partial charge in [-0.1, -0.05) is 30.3 Å². The van der Waals surface area contributed by atoms with Crippen LogP contribution >= 0.6 is 0 Å². The number of aryl methyl sites for hydroxylation is 1. The summed E-state index contributed by atoms with van der Waals surface area (Å²) in [5.74, 6) is -0.576. The molecular formula is C12H12N2O3. The Balaban J connectivity index is 2.09. The van der Waals surface area contributed by atoms with Crippen LogP contribution in [0, 0.1) is 0 Å². The van der Waals surface area contributed by atoms with Crippen molar-refractivity contribution in [2.45, 2.75) is 18.4 Å². The number of imide groups is 1. The Morgan fingerprint density at radius 3 is 2.41 bits per heavy atom. The Morgan fingerprint density at radius 1 is 1.18 bits per heavy atom. The fourth-order valence-electron chi connectivity index (χ4n) is 1.81. The first kappa shape index (κ1) is 11.3. The summed E-state index contributed by atoms with van der Waals surface area (Å²) in [6.45, 7) is 0. The molecule has 0 aliphatic carbocycles. The Kier molecular flexibility index (Phi) is 2.91. The van der Waals surface area contributed by atoms with Crippen LogP contribution in [0.1, 0.15) is 12.0 Å². The lowest BCUT2D eigenvalue weighted by molar-refractivity contribution is -0.129. The molecule has 1 aliphatic heterocycles. The molecule has 0 saturated carbocycles. The second-order valence-electron chi connectivity index (χ2n) is 3.98. The van der Waals surface area contributed by atoms with Crippen molar-refractivity contribution in [1.82, 2.24) is 10.6 Å². The van der Waals surface area contributed by atoms with E-state index in [9.17, 15) is 14.4 Å². The fourth-order valence-corrected chi connectivity index (χ4v) is 1.81. The van der Waals surface area contributed by atoms with Crippen LogP contribution in [-0.4, -0.2) is 23.8 Å². The first-order chi connectivity index (χ1) is 8.16. The van der Waals surface area contributed by atoms with E-state index in [1.807, 2.05) is 30.3 Å². The van der Waals surface area contributed by atoms with E-state index >= 15 is 0 Å². The monoisotopic (exact) mass is 232 g/mol. The molecule has 1 atom stereocenters. The Hall–Kier alpha value is -2.17.